The number of pyridine rings is 1. The summed E-state index contributed by atoms with van der Waals surface area (Å²) in [6.45, 7) is 0. The van der Waals surface area contributed by atoms with E-state index < -0.39 is 11.8 Å². The third-order valence-electron chi connectivity index (χ3n) is 2.23. The maximum absolute atomic E-state index is 13.1. The zero-order valence-electron chi connectivity index (χ0n) is 9.43. The lowest BCUT2D eigenvalue weighted by molar-refractivity contribution is 0.0694. The Bertz CT molecular complexity index is 649. The van der Waals surface area contributed by atoms with Gasteiger partial charge in [-0.3, -0.25) is 0 Å². The van der Waals surface area contributed by atoms with Gasteiger partial charge in [0.05, 0.1) is 10.7 Å². The molecule has 98 valence electrons. The molecule has 0 saturated carbocycles. The molecule has 0 unspecified atom stereocenters. The summed E-state index contributed by atoms with van der Waals surface area (Å²) in [5.41, 5.74) is 5.26. The molecule has 7 heteroatoms. The third-order valence-corrected chi connectivity index (χ3v) is 2.89. The lowest BCUT2D eigenvalue weighted by Crippen LogP contribution is -2.03. The van der Waals surface area contributed by atoms with Crippen LogP contribution in [0.2, 0.25) is 0 Å². The number of hydrogen-bond donors (Lipinski definition) is 2. The summed E-state index contributed by atoms with van der Waals surface area (Å²) in [6, 6.07) is 5.00. The molecule has 0 aliphatic rings. The third kappa shape index (κ3) is 3.00. The Labute approximate surface area is 116 Å². The number of rotatable bonds is 3. The van der Waals surface area contributed by atoms with Gasteiger partial charge in [0, 0.05) is 6.07 Å². The van der Waals surface area contributed by atoms with Crippen LogP contribution in [0.25, 0.3) is 0 Å². The lowest BCUT2D eigenvalue weighted by atomic mass is 10.2. The summed E-state index contributed by atoms with van der Waals surface area (Å²) in [6.07, 6.45) is 1.18. The molecule has 2 aromatic rings. The van der Waals surface area contributed by atoms with Gasteiger partial charge < -0.3 is 15.6 Å². The second-order valence-electron chi connectivity index (χ2n) is 3.59. The van der Waals surface area contributed by atoms with Crippen molar-refractivity contribution < 1.29 is 19.0 Å². The number of aromatic nitrogens is 1. The summed E-state index contributed by atoms with van der Waals surface area (Å²) in [5, 5.41) is 9.04. The van der Waals surface area contributed by atoms with Gasteiger partial charge in [0.25, 0.3) is 0 Å². The van der Waals surface area contributed by atoms with Crippen LogP contribution >= 0.6 is 15.9 Å². The first kappa shape index (κ1) is 13.3. The fourth-order valence-corrected chi connectivity index (χ4v) is 1.71. The molecule has 1 aromatic heterocycles. The highest BCUT2D eigenvalue weighted by Crippen LogP contribution is 2.32. The Balaban J connectivity index is 2.43. The van der Waals surface area contributed by atoms with Crippen LogP contribution < -0.4 is 10.5 Å². The van der Waals surface area contributed by atoms with Crippen molar-refractivity contribution in [3.63, 3.8) is 0 Å². The smallest absolute Gasteiger partial charge is 0.339 e. The number of halogens is 2. The van der Waals surface area contributed by atoms with Gasteiger partial charge in [0.2, 0.25) is 0 Å². The molecule has 0 atom stereocenters. The number of nitrogen functional groups attached to an aromatic ring is 1. The summed E-state index contributed by atoms with van der Waals surface area (Å²) < 4.78 is 19.0. The van der Waals surface area contributed by atoms with Gasteiger partial charge in [-0.05, 0) is 34.1 Å². The van der Waals surface area contributed by atoms with Crippen molar-refractivity contribution in [1.29, 1.82) is 0 Å². The second-order valence-corrected chi connectivity index (χ2v) is 4.44. The molecule has 0 aliphatic carbocycles. The largest absolute Gasteiger partial charge is 0.478 e. The van der Waals surface area contributed by atoms with E-state index in [0.717, 1.165) is 6.07 Å². The number of ether oxygens (including phenoxy) is 1. The van der Waals surface area contributed by atoms with Crippen LogP contribution in [0.4, 0.5) is 10.2 Å². The molecule has 0 spiro atoms. The fraction of sp³-hybridized carbons (Fsp3) is 0. The zero-order chi connectivity index (χ0) is 14.0. The number of nitrogens with two attached hydrogens (primary N) is 1. The average molecular weight is 327 g/mol. The molecule has 0 bridgehead atoms. The highest BCUT2D eigenvalue weighted by Gasteiger charge is 2.15. The number of carboxylic acid groups (broad SMARTS) is 1. The summed E-state index contributed by atoms with van der Waals surface area (Å²) in [5.74, 6) is -1.53. The van der Waals surface area contributed by atoms with E-state index in [2.05, 4.69) is 20.9 Å². The predicted octanol–water partition coefficient (Wildman–Crippen LogP) is 3.06. The van der Waals surface area contributed by atoms with Crippen molar-refractivity contribution in [3.8, 4) is 11.5 Å². The number of carbonyl (C=O) groups is 1. The SMILES string of the molecule is Nc1cc(C(=O)O)c(Oc2cc(F)ccc2Br)cn1. The number of nitrogens with zero attached hydrogens (tertiary/aromatic N) is 1. The van der Waals surface area contributed by atoms with Crippen LogP contribution in [0.15, 0.2) is 34.9 Å². The normalized spacial score (nSPS) is 10.2. The molecule has 19 heavy (non-hydrogen) atoms. The molecule has 1 aromatic carbocycles. The predicted molar refractivity (Wildman–Crippen MR) is 69.8 cm³/mol. The number of benzene rings is 1. The Morgan fingerprint density at radius 1 is 1.37 bits per heavy atom. The van der Waals surface area contributed by atoms with Crippen LogP contribution in [0, 0.1) is 5.82 Å². The monoisotopic (exact) mass is 326 g/mol. The molecular formula is C12H8BrFN2O3. The van der Waals surface area contributed by atoms with Crippen LogP contribution in [-0.2, 0) is 0 Å². The standard InChI is InChI=1S/C12H8BrFN2O3/c13-8-2-1-6(14)3-9(8)19-10-5-16-11(15)4-7(10)12(17)18/h1-5H,(H2,15,16)(H,17,18). The van der Waals surface area contributed by atoms with Crippen LogP contribution in [-0.4, -0.2) is 16.1 Å². The van der Waals surface area contributed by atoms with Gasteiger partial charge in [-0.15, -0.1) is 0 Å². The van der Waals surface area contributed by atoms with Crippen LogP contribution in [0.3, 0.4) is 0 Å². The van der Waals surface area contributed by atoms with Crippen LogP contribution in [0.5, 0.6) is 11.5 Å². The molecule has 1 heterocycles. The Kier molecular flexibility index (Phi) is 3.66. The van der Waals surface area contributed by atoms with Crippen molar-refractivity contribution in [1.82, 2.24) is 4.98 Å². The Morgan fingerprint density at radius 3 is 2.79 bits per heavy atom. The fourth-order valence-electron chi connectivity index (χ4n) is 1.38. The van der Waals surface area contributed by atoms with Crippen molar-refractivity contribution in [2.75, 3.05) is 5.73 Å². The van der Waals surface area contributed by atoms with Gasteiger partial charge >= 0.3 is 5.97 Å². The Morgan fingerprint density at radius 2 is 2.11 bits per heavy atom. The minimum atomic E-state index is -1.21. The topological polar surface area (TPSA) is 85.4 Å². The van der Waals surface area contributed by atoms with Gasteiger partial charge in [-0.25, -0.2) is 14.2 Å². The quantitative estimate of drug-likeness (QED) is 0.905. The molecule has 0 fully saturated rings. The molecule has 0 radical (unpaired) electrons. The van der Waals surface area contributed by atoms with Crippen molar-refractivity contribution >= 4 is 27.7 Å². The molecular weight excluding hydrogens is 319 g/mol. The first-order valence-corrected chi connectivity index (χ1v) is 5.88. The van der Waals surface area contributed by atoms with E-state index in [1.165, 1.54) is 24.4 Å². The van der Waals surface area contributed by atoms with Gasteiger partial charge in [-0.2, -0.15) is 0 Å². The molecule has 0 saturated heterocycles. The molecule has 0 amide bonds. The zero-order valence-corrected chi connectivity index (χ0v) is 11.0. The van der Waals surface area contributed by atoms with Gasteiger partial charge in [-0.1, -0.05) is 0 Å². The highest BCUT2D eigenvalue weighted by atomic mass is 79.9. The van der Waals surface area contributed by atoms with E-state index in [1.807, 2.05) is 0 Å². The van der Waals surface area contributed by atoms with Crippen LogP contribution in [0.1, 0.15) is 10.4 Å². The van der Waals surface area contributed by atoms with E-state index in [-0.39, 0.29) is 22.9 Å². The first-order chi connectivity index (χ1) is 8.97. The summed E-state index contributed by atoms with van der Waals surface area (Å²) in [4.78, 5) is 14.8. The maximum atomic E-state index is 13.1. The van der Waals surface area contributed by atoms with Crippen molar-refractivity contribution in [2.24, 2.45) is 0 Å². The molecule has 0 aliphatic heterocycles. The number of hydrogen-bond acceptors (Lipinski definition) is 4. The maximum Gasteiger partial charge on any atom is 0.339 e. The van der Waals surface area contributed by atoms with E-state index in [4.69, 9.17) is 15.6 Å². The lowest BCUT2D eigenvalue weighted by Gasteiger charge is -2.10. The van der Waals surface area contributed by atoms with Gasteiger partial charge in [0.1, 0.15) is 22.9 Å². The van der Waals surface area contributed by atoms with Crippen molar-refractivity contribution in [3.05, 3.63) is 46.3 Å². The number of carboxylic acids is 1. The number of aromatic carboxylic acids is 1. The number of anilines is 1. The minimum absolute atomic E-state index is 0.0204. The van der Waals surface area contributed by atoms with Crippen molar-refractivity contribution in [2.45, 2.75) is 0 Å². The summed E-state index contributed by atoms with van der Waals surface area (Å²) in [7, 11) is 0. The molecule has 2 rings (SSSR count). The Hall–Kier alpha value is -2.15. The second kappa shape index (κ2) is 5.23. The van der Waals surface area contributed by atoms with E-state index in [1.54, 1.807) is 0 Å². The van der Waals surface area contributed by atoms with E-state index in [9.17, 15) is 9.18 Å². The molecule has 3 N–H and O–H groups in total. The van der Waals surface area contributed by atoms with E-state index in [0.29, 0.717) is 4.47 Å². The highest BCUT2D eigenvalue weighted by molar-refractivity contribution is 9.10. The van der Waals surface area contributed by atoms with E-state index >= 15 is 0 Å². The summed E-state index contributed by atoms with van der Waals surface area (Å²) >= 11 is 3.18. The van der Waals surface area contributed by atoms with Gasteiger partial charge in [0.15, 0.2) is 5.75 Å². The first-order valence-electron chi connectivity index (χ1n) is 5.09. The minimum Gasteiger partial charge on any atom is -0.478 e. The average Bonchev–Trinajstić information content (AvgIpc) is 2.35. The molecule has 5 nitrogen and oxygen atoms in total.